The van der Waals surface area contributed by atoms with E-state index in [0.717, 1.165) is 0 Å². The van der Waals surface area contributed by atoms with Gasteiger partial charge in [0, 0.05) is 43.9 Å². The Balaban J connectivity index is 1.73. The average Bonchev–Trinajstić information content (AvgIpc) is 3.35. The molecule has 2 aromatic rings. The minimum atomic E-state index is -3.93. The molecule has 11 nitrogen and oxygen atoms in total. The fourth-order valence-electron chi connectivity index (χ4n) is 5.66. The summed E-state index contributed by atoms with van der Waals surface area (Å²) in [5.41, 5.74) is -1.47. The molecule has 12 heteroatoms. The number of aliphatic hydroxyl groups is 1. The van der Waals surface area contributed by atoms with Crippen LogP contribution in [0.2, 0.25) is 0 Å². The Bertz CT molecular complexity index is 1560. The first kappa shape index (κ1) is 28.7. The van der Waals surface area contributed by atoms with Gasteiger partial charge >= 0.3 is 0 Å². The zero-order valence-corrected chi connectivity index (χ0v) is 23.8. The summed E-state index contributed by atoms with van der Waals surface area (Å²) in [6.07, 6.45) is 1.54. The van der Waals surface area contributed by atoms with Crippen molar-refractivity contribution in [2.24, 2.45) is 0 Å². The number of carbonyl (C=O) groups is 3. The highest BCUT2D eigenvalue weighted by Crippen LogP contribution is 2.53. The van der Waals surface area contributed by atoms with Gasteiger partial charge in [0.05, 0.1) is 29.4 Å². The molecular formula is C29H32N4O7S. The van der Waals surface area contributed by atoms with Crippen molar-refractivity contribution in [3.05, 3.63) is 77.9 Å². The van der Waals surface area contributed by atoms with Gasteiger partial charge in [0.15, 0.2) is 5.54 Å². The molecule has 0 aliphatic carbocycles. The van der Waals surface area contributed by atoms with E-state index in [1.807, 2.05) is 4.90 Å². The summed E-state index contributed by atoms with van der Waals surface area (Å²) in [7, 11) is -0.325. The Morgan fingerprint density at radius 2 is 1.80 bits per heavy atom. The summed E-state index contributed by atoms with van der Waals surface area (Å²) in [5.74, 6) is -3.14. The topological polar surface area (TPSA) is 128 Å². The van der Waals surface area contributed by atoms with Crippen LogP contribution in [-0.4, -0.2) is 105 Å². The van der Waals surface area contributed by atoms with Crippen molar-refractivity contribution in [3.63, 3.8) is 0 Å². The zero-order valence-electron chi connectivity index (χ0n) is 22.9. The van der Waals surface area contributed by atoms with Gasteiger partial charge < -0.3 is 24.5 Å². The molecule has 0 unspecified atom stereocenters. The van der Waals surface area contributed by atoms with Gasteiger partial charge in [-0.1, -0.05) is 36.4 Å². The third-order valence-corrected chi connectivity index (χ3v) is 9.50. The molecule has 0 bridgehead atoms. The first-order valence-corrected chi connectivity index (χ1v) is 14.7. The number of para-hydroxylation sites is 1. The van der Waals surface area contributed by atoms with Gasteiger partial charge in [-0.25, -0.2) is 8.42 Å². The third-order valence-electron chi connectivity index (χ3n) is 7.61. The van der Waals surface area contributed by atoms with E-state index in [0.29, 0.717) is 17.8 Å². The largest absolute Gasteiger partial charge is 0.507 e. The second-order valence-electron chi connectivity index (χ2n) is 10.3. The second kappa shape index (κ2) is 10.9. The maximum atomic E-state index is 14.4. The molecule has 5 rings (SSSR count). The van der Waals surface area contributed by atoms with E-state index >= 15 is 0 Å². The van der Waals surface area contributed by atoms with E-state index in [4.69, 9.17) is 4.74 Å². The average molecular weight is 581 g/mol. The first-order chi connectivity index (χ1) is 19.6. The minimum absolute atomic E-state index is 0.00299. The number of sulfonamides is 1. The van der Waals surface area contributed by atoms with Crippen LogP contribution < -0.4 is 4.90 Å². The number of rotatable bonds is 8. The monoisotopic (exact) mass is 580 g/mol. The molecule has 0 radical (unpaired) electrons. The summed E-state index contributed by atoms with van der Waals surface area (Å²) in [6, 6.07) is 12.4. The standard InChI is InChI=1S/C29H32N4O7S/c1-4-12-32-23-11-6-5-10-22(23)29(28(32)37)24(26(35)27(36)33(29)14-13-30(2)3)25(34)20-8-7-9-21(19-20)41(38,39)31-15-17-40-18-16-31/h4-11,19,34H,1,12-18H2,2-3H3/t29-/m0/s1. The molecule has 3 aliphatic rings. The van der Waals surface area contributed by atoms with Gasteiger partial charge in [0.1, 0.15) is 5.76 Å². The molecule has 41 heavy (non-hydrogen) atoms. The van der Waals surface area contributed by atoms with Crippen molar-refractivity contribution in [2.45, 2.75) is 10.4 Å². The Hall–Kier alpha value is -3.84. The predicted molar refractivity (Wildman–Crippen MR) is 152 cm³/mol. The lowest BCUT2D eigenvalue weighted by Gasteiger charge is -2.35. The van der Waals surface area contributed by atoms with Crippen LogP contribution in [0.1, 0.15) is 11.1 Å². The van der Waals surface area contributed by atoms with E-state index in [9.17, 15) is 27.9 Å². The molecule has 1 spiro atoms. The summed E-state index contributed by atoms with van der Waals surface area (Å²) in [6.45, 7) is 5.13. The number of amides is 2. The van der Waals surface area contributed by atoms with Crippen LogP contribution in [0, 0.1) is 0 Å². The molecule has 0 aromatic heterocycles. The van der Waals surface area contributed by atoms with E-state index in [-0.39, 0.29) is 49.9 Å². The summed E-state index contributed by atoms with van der Waals surface area (Å²) in [4.78, 5) is 46.1. The SMILES string of the molecule is C=CCN1C(=O)[C@@]2(C(=C(O)c3cccc(S(=O)(=O)N4CCOCC4)c3)C(=O)C(=O)N2CCN(C)C)c2ccccc21. The second-order valence-corrected chi connectivity index (χ2v) is 12.2. The Morgan fingerprint density at radius 3 is 2.49 bits per heavy atom. The fourth-order valence-corrected chi connectivity index (χ4v) is 7.12. The van der Waals surface area contributed by atoms with Crippen LogP contribution in [0.25, 0.3) is 5.76 Å². The van der Waals surface area contributed by atoms with Crippen molar-refractivity contribution in [2.75, 3.05) is 64.9 Å². The van der Waals surface area contributed by atoms with Crippen LogP contribution in [0.3, 0.4) is 0 Å². The molecule has 3 heterocycles. The van der Waals surface area contributed by atoms with Crippen molar-refractivity contribution in [1.29, 1.82) is 0 Å². The molecule has 1 atom stereocenters. The number of carbonyl (C=O) groups excluding carboxylic acids is 3. The number of anilines is 1. The lowest BCUT2D eigenvalue weighted by Crippen LogP contribution is -2.53. The number of ether oxygens (including phenoxy) is 1. The number of nitrogens with zero attached hydrogens (tertiary/aromatic N) is 4. The highest BCUT2D eigenvalue weighted by molar-refractivity contribution is 7.89. The number of likely N-dealkylation sites (N-methyl/N-ethyl adjacent to an activating group) is 1. The molecule has 2 saturated heterocycles. The van der Waals surface area contributed by atoms with Crippen LogP contribution >= 0.6 is 0 Å². The van der Waals surface area contributed by atoms with E-state index in [1.54, 1.807) is 44.4 Å². The minimum Gasteiger partial charge on any atom is -0.507 e. The van der Waals surface area contributed by atoms with Gasteiger partial charge in [-0.3, -0.25) is 14.4 Å². The van der Waals surface area contributed by atoms with Crippen LogP contribution in [0.15, 0.2) is 71.7 Å². The number of fused-ring (bicyclic) bond motifs is 2. The molecule has 2 aromatic carbocycles. The molecular weight excluding hydrogens is 548 g/mol. The Kier molecular flexibility index (Phi) is 7.60. The highest BCUT2D eigenvalue weighted by Gasteiger charge is 2.66. The fraction of sp³-hybridized carbons (Fsp3) is 0.345. The van der Waals surface area contributed by atoms with Crippen LogP contribution in [-0.2, 0) is 34.7 Å². The number of benzene rings is 2. The zero-order chi connectivity index (χ0) is 29.5. The number of aliphatic hydroxyl groups excluding tert-OH is 1. The normalized spacial score (nSPS) is 22.7. The lowest BCUT2D eigenvalue weighted by atomic mass is 9.82. The van der Waals surface area contributed by atoms with Crippen LogP contribution in [0.4, 0.5) is 5.69 Å². The molecule has 3 aliphatic heterocycles. The van der Waals surface area contributed by atoms with Gasteiger partial charge in [-0.05, 0) is 32.3 Å². The van der Waals surface area contributed by atoms with Crippen molar-refractivity contribution in [3.8, 4) is 0 Å². The predicted octanol–water partition coefficient (Wildman–Crippen LogP) is 1.38. The Labute approximate surface area is 238 Å². The quantitative estimate of drug-likeness (QED) is 0.215. The van der Waals surface area contributed by atoms with E-state index in [1.165, 1.54) is 38.4 Å². The maximum Gasteiger partial charge on any atom is 0.296 e. The molecule has 2 fully saturated rings. The summed E-state index contributed by atoms with van der Waals surface area (Å²) >= 11 is 0. The van der Waals surface area contributed by atoms with E-state index in [2.05, 4.69) is 6.58 Å². The first-order valence-electron chi connectivity index (χ1n) is 13.2. The number of hydrogen-bond acceptors (Lipinski definition) is 8. The van der Waals surface area contributed by atoms with Gasteiger partial charge in [0.2, 0.25) is 10.0 Å². The van der Waals surface area contributed by atoms with Crippen molar-refractivity contribution >= 4 is 39.1 Å². The van der Waals surface area contributed by atoms with E-state index < -0.39 is 44.5 Å². The van der Waals surface area contributed by atoms with Crippen LogP contribution in [0.5, 0.6) is 0 Å². The Morgan fingerprint density at radius 1 is 1.10 bits per heavy atom. The molecule has 1 N–H and O–H groups in total. The third kappa shape index (κ3) is 4.47. The van der Waals surface area contributed by atoms with Gasteiger partial charge in [-0.15, -0.1) is 6.58 Å². The number of ketones is 1. The maximum absolute atomic E-state index is 14.4. The summed E-state index contributed by atoms with van der Waals surface area (Å²) in [5, 5.41) is 11.7. The van der Waals surface area contributed by atoms with Gasteiger partial charge in [-0.2, -0.15) is 4.31 Å². The lowest BCUT2D eigenvalue weighted by molar-refractivity contribution is -0.143. The van der Waals surface area contributed by atoms with Crippen molar-refractivity contribution in [1.82, 2.24) is 14.1 Å². The van der Waals surface area contributed by atoms with Gasteiger partial charge in [0.25, 0.3) is 17.6 Å². The van der Waals surface area contributed by atoms with Crippen molar-refractivity contribution < 1.29 is 32.6 Å². The molecule has 216 valence electrons. The molecule has 0 saturated carbocycles. The number of hydrogen-bond donors (Lipinski definition) is 1. The number of morpholine rings is 1. The highest BCUT2D eigenvalue weighted by atomic mass is 32.2. The molecule has 2 amide bonds. The summed E-state index contributed by atoms with van der Waals surface area (Å²) < 4.78 is 33.3. The smallest absolute Gasteiger partial charge is 0.296 e. The number of Topliss-reactive ketones (excluding diaryl/α,β-unsaturated/α-hetero) is 1. The number of likely N-dealkylation sites (tertiary alicyclic amines) is 1.